The maximum Gasteiger partial charge on any atom is 0.397 e. The molecule has 30 heavy (non-hydrogen) atoms. The van der Waals surface area contributed by atoms with E-state index < -0.39 is 33.0 Å². The van der Waals surface area contributed by atoms with Gasteiger partial charge in [-0.3, -0.25) is 9.11 Å². The van der Waals surface area contributed by atoms with Gasteiger partial charge in [0.2, 0.25) is 0 Å². The molecule has 0 aliphatic carbocycles. The molecular formula is C20H42O8S2. The lowest BCUT2D eigenvalue weighted by molar-refractivity contribution is 0.0331. The highest BCUT2D eigenvalue weighted by Crippen LogP contribution is 2.22. The van der Waals surface area contributed by atoms with Gasteiger partial charge in [0.25, 0.3) is 0 Å². The van der Waals surface area contributed by atoms with E-state index >= 15 is 0 Å². The van der Waals surface area contributed by atoms with E-state index in [0.29, 0.717) is 12.8 Å². The summed E-state index contributed by atoms with van der Waals surface area (Å²) in [5.74, 6) is 0. The fourth-order valence-corrected chi connectivity index (χ4v) is 4.57. The Bertz CT molecular complexity index is 604. The SMILES string of the molecule is CCCCCCCCCCC(OS(=O)(=O)O)C(CCCCCCCC)OS(=O)(=O)O. The summed E-state index contributed by atoms with van der Waals surface area (Å²) in [6, 6.07) is 0. The summed E-state index contributed by atoms with van der Waals surface area (Å²) in [5, 5.41) is 0. The standard InChI is InChI=1S/C20H42O8S2/c1-3-5-7-9-11-12-14-16-18-20(28-30(24,25)26)19(27-29(21,22)23)17-15-13-10-8-6-4-2/h19-20H,3-18H2,1-2H3,(H,21,22,23)(H,24,25,26). The highest BCUT2D eigenvalue weighted by atomic mass is 32.3. The van der Waals surface area contributed by atoms with Gasteiger partial charge in [-0.1, -0.05) is 104 Å². The molecule has 8 nitrogen and oxygen atoms in total. The number of rotatable bonds is 21. The molecule has 10 heteroatoms. The first-order chi connectivity index (χ1) is 14.1. The Balaban J connectivity index is 4.72. The Morgan fingerprint density at radius 3 is 1.07 bits per heavy atom. The molecule has 2 unspecified atom stereocenters. The molecule has 0 fully saturated rings. The van der Waals surface area contributed by atoms with Gasteiger partial charge in [-0.2, -0.15) is 16.8 Å². The second-order valence-electron chi connectivity index (χ2n) is 7.94. The van der Waals surface area contributed by atoms with Crippen LogP contribution in [0.4, 0.5) is 0 Å². The summed E-state index contributed by atoms with van der Waals surface area (Å²) in [6.07, 6.45) is 12.1. The van der Waals surface area contributed by atoms with Crippen LogP contribution in [0.5, 0.6) is 0 Å². The lowest BCUT2D eigenvalue weighted by Gasteiger charge is -2.24. The molecule has 0 heterocycles. The lowest BCUT2D eigenvalue weighted by atomic mass is 9.99. The quantitative estimate of drug-likeness (QED) is 0.161. The molecule has 2 atom stereocenters. The van der Waals surface area contributed by atoms with Crippen molar-refractivity contribution in [3.05, 3.63) is 0 Å². The first-order valence-electron chi connectivity index (χ1n) is 11.4. The van der Waals surface area contributed by atoms with Crippen LogP contribution in [0.15, 0.2) is 0 Å². The van der Waals surface area contributed by atoms with Gasteiger partial charge in [-0.15, -0.1) is 0 Å². The average Bonchev–Trinajstić information content (AvgIpc) is 2.63. The van der Waals surface area contributed by atoms with Crippen molar-refractivity contribution in [2.75, 3.05) is 0 Å². The minimum atomic E-state index is -4.78. The van der Waals surface area contributed by atoms with Crippen LogP contribution in [0.1, 0.15) is 117 Å². The molecule has 0 amide bonds. The topological polar surface area (TPSA) is 127 Å². The summed E-state index contributed by atoms with van der Waals surface area (Å²) in [6.45, 7) is 4.27. The van der Waals surface area contributed by atoms with Crippen LogP contribution in [0.25, 0.3) is 0 Å². The molecule has 0 saturated heterocycles. The van der Waals surface area contributed by atoms with Crippen LogP contribution in [0.3, 0.4) is 0 Å². The molecule has 182 valence electrons. The molecule has 0 spiro atoms. The highest BCUT2D eigenvalue weighted by Gasteiger charge is 2.30. The van der Waals surface area contributed by atoms with Crippen molar-refractivity contribution in [1.29, 1.82) is 0 Å². The smallest absolute Gasteiger partial charge is 0.264 e. The molecule has 0 aromatic heterocycles. The van der Waals surface area contributed by atoms with Crippen LogP contribution >= 0.6 is 0 Å². The van der Waals surface area contributed by atoms with Gasteiger partial charge in [0.05, 0.1) is 0 Å². The van der Waals surface area contributed by atoms with Crippen LogP contribution in [0, 0.1) is 0 Å². The van der Waals surface area contributed by atoms with Gasteiger partial charge in [0, 0.05) is 0 Å². The summed E-state index contributed by atoms with van der Waals surface area (Å²) in [4.78, 5) is 0. The molecule has 0 radical (unpaired) electrons. The molecule has 0 aliphatic rings. The van der Waals surface area contributed by atoms with E-state index in [1.54, 1.807) is 0 Å². The van der Waals surface area contributed by atoms with Gasteiger partial charge >= 0.3 is 20.8 Å². The molecule has 0 bridgehead atoms. The Morgan fingerprint density at radius 1 is 0.533 bits per heavy atom. The molecule has 0 saturated carbocycles. The summed E-state index contributed by atoms with van der Waals surface area (Å²) < 4.78 is 72.7. The van der Waals surface area contributed by atoms with Gasteiger partial charge in [-0.05, 0) is 12.8 Å². The molecule has 0 rings (SSSR count). The third-order valence-electron chi connectivity index (χ3n) is 5.09. The van der Waals surface area contributed by atoms with Crippen LogP contribution in [-0.4, -0.2) is 38.1 Å². The normalized spacial score (nSPS) is 14.7. The maximum atomic E-state index is 11.3. The van der Waals surface area contributed by atoms with Crippen LogP contribution in [0.2, 0.25) is 0 Å². The predicted molar refractivity (Wildman–Crippen MR) is 118 cm³/mol. The maximum absolute atomic E-state index is 11.3. The highest BCUT2D eigenvalue weighted by molar-refractivity contribution is 7.81. The average molecular weight is 475 g/mol. The van der Waals surface area contributed by atoms with E-state index in [4.69, 9.17) is 17.5 Å². The van der Waals surface area contributed by atoms with Gasteiger partial charge in [0.1, 0.15) is 12.2 Å². The van der Waals surface area contributed by atoms with Crippen molar-refractivity contribution in [1.82, 2.24) is 0 Å². The van der Waals surface area contributed by atoms with Gasteiger partial charge in [0.15, 0.2) is 0 Å². The molecule has 0 aliphatic heterocycles. The molecular weight excluding hydrogens is 432 g/mol. The van der Waals surface area contributed by atoms with Gasteiger partial charge < -0.3 is 0 Å². The number of hydrogen-bond donors (Lipinski definition) is 2. The molecule has 0 aromatic carbocycles. The van der Waals surface area contributed by atoms with Crippen molar-refractivity contribution in [2.24, 2.45) is 0 Å². The van der Waals surface area contributed by atoms with Crippen LogP contribution < -0.4 is 0 Å². The van der Waals surface area contributed by atoms with E-state index in [2.05, 4.69) is 13.8 Å². The van der Waals surface area contributed by atoms with E-state index in [1.807, 2.05) is 0 Å². The van der Waals surface area contributed by atoms with Crippen molar-refractivity contribution in [3.8, 4) is 0 Å². The zero-order valence-corrected chi connectivity index (χ0v) is 20.3. The molecule has 2 N–H and O–H groups in total. The zero-order valence-electron chi connectivity index (χ0n) is 18.6. The van der Waals surface area contributed by atoms with E-state index in [9.17, 15) is 16.8 Å². The Kier molecular flexibility index (Phi) is 17.2. The number of hydrogen-bond acceptors (Lipinski definition) is 6. The van der Waals surface area contributed by atoms with Crippen molar-refractivity contribution in [2.45, 2.75) is 129 Å². The minimum Gasteiger partial charge on any atom is -0.264 e. The fraction of sp³-hybridized carbons (Fsp3) is 1.00. The summed E-state index contributed by atoms with van der Waals surface area (Å²) in [5.41, 5.74) is 0. The van der Waals surface area contributed by atoms with Crippen molar-refractivity contribution < 1.29 is 34.3 Å². The predicted octanol–water partition coefficient (Wildman–Crippen LogP) is 5.64. The molecule has 0 aromatic rings. The van der Waals surface area contributed by atoms with E-state index in [-0.39, 0.29) is 12.8 Å². The second-order valence-corrected chi connectivity index (χ2v) is 10.0. The van der Waals surface area contributed by atoms with Gasteiger partial charge in [-0.25, -0.2) is 8.37 Å². The monoisotopic (exact) mass is 474 g/mol. The first kappa shape index (κ1) is 29.7. The zero-order chi connectivity index (χ0) is 22.9. The van der Waals surface area contributed by atoms with Crippen molar-refractivity contribution >= 4 is 20.8 Å². The number of unbranched alkanes of at least 4 members (excludes halogenated alkanes) is 12. The Labute approximate surface area is 184 Å². The largest absolute Gasteiger partial charge is 0.397 e. The summed E-state index contributed by atoms with van der Waals surface area (Å²) in [7, 11) is -9.56. The van der Waals surface area contributed by atoms with Crippen molar-refractivity contribution in [3.63, 3.8) is 0 Å². The minimum absolute atomic E-state index is 0.211. The first-order valence-corrected chi connectivity index (χ1v) is 14.1. The lowest BCUT2D eigenvalue weighted by Crippen LogP contribution is -2.35. The Morgan fingerprint density at radius 2 is 0.800 bits per heavy atom. The van der Waals surface area contributed by atoms with E-state index in [0.717, 1.165) is 57.8 Å². The second kappa shape index (κ2) is 17.3. The Hall–Kier alpha value is -0.260. The van der Waals surface area contributed by atoms with E-state index in [1.165, 1.54) is 19.3 Å². The fourth-order valence-electron chi connectivity index (χ4n) is 3.51. The van der Waals surface area contributed by atoms with Crippen LogP contribution in [-0.2, 0) is 29.2 Å². The third kappa shape index (κ3) is 19.7. The summed E-state index contributed by atoms with van der Waals surface area (Å²) >= 11 is 0. The third-order valence-corrected chi connectivity index (χ3v) is 6.07.